The Bertz CT molecular complexity index is 560. The van der Waals surface area contributed by atoms with Crippen LogP contribution in [-0.4, -0.2) is 20.1 Å². The number of rotatable bonds is 3. The van der Waals surface area contributed by atoms with E-state index in [0.29, 0.717) is 0 Å². The highest BCUT2D eigenvalue weighted by atomic mass is 19.1. The summed E-state index contributed by atoms with van der Waals surface area (Å²) in [5, 5.41) is 0. The molecule has 3 nitrogen and oxygen atoms in total. The maximum absolute atomic E-state index is 12.7. The molecular formula is C17H16FNO2. The van der Waals surface area contributed by atoms with Gasteiger partial charge in [-0.3, -0.25) is 4.99 Å². The van der Waals surface area contributed by atoms with Gasteiger partial charge in [-0.05, 0) is 54.1 Å². The van der Waals surface area contributed by atoms with Crippen LogP contribution in [0.1, 0.15) is 5.56 Å². The van der Waals surface area contributed by atoms with E-state index >= 15 is 0 Å². The summed E-state index contributed by atoms with van der Waals surface area (Å²) in [5.41, 5.74) is 1.69. The molecule has 0 aliphatic heterocycles. The van der Waals surface area contributed by atoms with E-state index in [1.165, 1.54) is 12.1 Å². The number of hydrogen-bond acceptors (Lipinski definition) is 3. The Kier molecular flexibility index (Phi) is 9.42. The summed E-state index contributed by atoms with van der Waals surface area (Å²) in [5.74, 6) is 0.553. The summed E-state index contributed by atoms with van der Waals surface area (Å²) >= 11 is 0. The molecule has 0 bridgehead atoms. The molecule has 0 aliphatic carbocycles. The van der Waals surface area contributed by atoms with E-state index in [-0.39, 0.29) is 5.82 Å². The van der Waals surface area contributed by atoms with Crippen LogP contribution in [0.5, 0.6) is 5.75 Å². The van der Waals surface area contributed by atoms with Crippen LogP contribution in [0.3, 0.4) is 0 Å². The first kappa shape index (κ1) is 18.1. The Morgan fingerprint density at radius 1 is 1.05 bits per heavy atom. The average Bonchev–Trinajstić information content (AvgIpc) is 2.58. The van der Waals surface area contributed by atoms with Crippen molar-refractivity contribution in [3.05, 3.63) is 59.9 Å². The Balaban J connectivity index is 0.000000921. The van der Waals surface area contributed by atoms with Crippen LogP contribution < -0.4 is 4.74 Å². The van der Waals surface area contributed by atoms with Crippen LogP contribution in [0.15, 0.2) is 53.5 Å². The van der Waals surface area contributed by atoms with Gasteiger partial charge >= 0.3 is 0 Å². The van der Waals surface area contributed by atoms with Crippen molar-refractivity contribution in [2.75, 3.05) is 7.11 Å². The van der Waals surface area contributed by atoms with Crippen LogP contribution in [-0.2, 0) is 4.79 Å². The third kappa shape index (κ3) is 6.69. The largest absolute Gasteiger partial charge is 0.497 e. The third-order valence-corrected chi connectivity index (χ3v) is 2.31. The van der Waals surface area contributed by atoms with Crippen molar-refractivity contribution < 1.29 is 13.9 Å². The second-order valence-corrected chi connectivity index (χ2v) is 3.51. The molecule has 0 saturated heterocycles. The topological polar surface area (TPSA) is 38.7 Å². The van der Waals surface area contributed by atoms with Gasteiger partial charge in [0.25, 0.3) is 0 Å². The van der Waals surface area contributed by atoms with Gasteiger partial charge in [-0.25, -0.2) is 4.39 Å². The van der Waals surface area contributed by atoms with Crippen molar-refractivity contribution in [2.24, 2.45) is 4.99 Å². The standard InChI is InChI=1S/C14H12FNO.C2H2.CH2O/c1-17-14-8-2-11(3-9-14)10-16-13-6-4-12(15)5-7-13;2*1-2/h2-10H,1H3;1-2H;1H2. The highest BCUT2D eigenvalue weighted by molar-refractivity contribution is 5.82. The van der Waals surface area contributed by atoms with E-state index in [1.54, 1.807) is 25.5 Å². The fourth-order valence-electron chi connectivity index (χ4n) is 1.37. The zero-order chi connectivity index (χ0) is 16.1. The Hall–Kier alpha value is -2.93. The molecule has 0 spiro atoms. The number of hydrogen-bond donors (Lipinski definition) is 0. The van der Waals surface area contributed by atoms with Crippen molar-refractivity contribution in [2.45, 2.75) is 0 Å². The molecule has 0 amide bonds. The molecule has 2 rings (SSSR count). The summed E-state index contributed by atoms with van der Waals surface area (Å²) in [6.45, 7) is 2.00. The second-order valence-electron chi connectivity index (χ2n) is 3.51. The minimum atomic E-state index is -0.256. The number of benzene rings is 2. The third-order valence-electron chi connectivity index (χ3n) is 2.31. The smallest absolute Gasteiger partial charge is 0.123 e. The molecule has 0 fully saturated rings. The van der Waals surface area contributed by atoms with Gasteiger partial charge in [0.15, 0.2) is 0 Å². The van der Waals surface area contributed by atoms with Gasteiger partial charge in [-0.15, -0.1) is 12.8 Å². The van der Waals surface area contributed by atoms with E-state index in [9.17, 15) is 4.39 Å². The quantitative estimate of drug-likeness (QED) is 0.638. The molecule has 0 aliphatic rings. The summed E-state index contributed by atoms with van der Waals surface area (Å²) in [6.07, 6.45) is 9.73. The molecule has 0 unspecified atom stereocenters. The zero-order valence-electron chi connectivity index (χ0n) is 11.7. The van der Waals surface area contributed by atoms with Gasteiger partial charge < -0.3 is 9.53 Å². The van der Waals surface area contributed by atoms with Gasteiger partial charge in [-0.2, -0.15) is 0 Å². The summed E-state index contributed by atoms with van der Waals surface area (Å²) in [6, 6.07) is 13.6. The number of ether oxygens (including phenoxy) is 1. The van der Waals surface area contributed by atoms with Crippen LogP contribution in [0, 0.1) is 18.7 Å². The predicted molar refractivity (Wildman–Crippen MR) is 83.7 cm³/mol. The predicted octanol–water partition coefficient (Wildman–Crippen LogP) is 3.65. The first-order valence-corrected chi connectivity index (χ1v) is 5.84. The highest BCUT2D eigenvalue weighted by Crippen LogP contribution is 2.13. The van der Waals surface area contributed by atoms with Crippen molar-refractivity contribution in [3.63, 3.8) is 0 Å². The number of terminal acetylenes is 1. The maximum Gasteiger partial charge on any atom is 0.123 e. The average molecular weight is 285 g/mol. The molecule has 0 radical (unpaired) electrons. The van der Waals surface area contributed by atoms with Crippen LogP contribution in [0.2, 0.25) is 0 Å². The Morgan fingerprint density at radius 3 is 2.05 bits per heavy atom. The van der Waals surface area contributed by atoms with Gasteiger partial charge in [-0.1, -0.05) is 0 Å². The fourth-order valence-corrected chi connectivity index (χ4v) is 1.37. The SMILES string of the molecule is C#C.C=O.COc1ccc(C=Nc2ccc(F)cc2)cc1. The molecule has 0 aromatic heterocycles. The lowest BCUT2D eigenvalue weighted by Crippen LogP contribution is -1.84. The summed E-state index contributed by atoms with van der Waals surface area (Å²) in [7, 11) is 1.63. The lowest BCUT2D eigenvalue weighted by Gasteiger charge is -1.98. The molecule has 108 valence electrons. The number of aliphatic imine (C=N–C) groups is 1. The monoisotopic (exact) mass is 285 g/mol. The lowest BCUT2D eigenvalue weighted by molar-refractivity contribution is -0.0979. The normalized spacial score (nSPS) is 8.95. The first-order chi connectivity index (χ1) is 10.3. The van der Waals surface area contributed by atoms with Crippen LogP contribution >= 0.6 is 0 Å². The molecule has 0 atom stereocenters. The van der Waals surface area contributed by atoms with Gasteiger partial charge in [0, 0.05) is 6.21 Å². The van der Waals surface area contributed by atoms with Crippen molar-refractivity contribution in [3.8, 4) is 18.6 Å². The van der Waals surface area contributed by atoms with Crippen molar-refractivity contribution in [1.82, 2.24) is 0 Å². The Labute approximate surface area is 124 Å². The zero-order valence-corrected chi connectivity index (χ0v) is 11.7. The fraction of sp³-hybridized carbons (Fsp3) is 0.0588. The summed E-state index contributed by atoms with van der Waals surface area (Å²) < 4.78 is 17.7. The van der Waals surface area contributed by atoms with E-state index in [1.807, 2.05) is 31.1 Å². The highest BCUT2D eigenvalue weighted by Gasteiger charge is 1.92. The number of carbonyl (C=O) groups is 1. The molecule has 4 heteroatoms. The minimum absolute atomic E-state index is 0.256. The second kappa shape index (κ2) is 10.9. The first-order valence-electron chi connectivity index (χ1n) is 5.84. The molecule has 2 aromatic carbocycles. The van der Waals surface area contributed by atoms with Gasteiger partial charge in [0.1, 0.15) is 18.4 Å². The molecule has 0 N–H and O–H groups in total. The number of nitrogens with zero attached hydrogens (tertiary/aromatic N) is 1. The van der Waals surface area contributed by atoms with Gasteiger partial charge in [0.2, 0.25) is 0 Å². The van der Waals surface area contributed by atoms with E-state index < -0.39 is 0 Å². The summed E-state index contributed by atoms with van der Waals surface area (Å²) in [4.78, 5) is 12.2. The van der Waals surface area contributed by atoms with Crippen LogP contribution in [0.4, 0.5) is 10.1 Å². The van der Waals surface area contributed by atoms with Crippen LogP contribution in [0.25, 0.3) is 0 Å². The molecular weight excluding hydrogens is 269 g/mol. The van der Waals surface area contributed by atoms with E-state index in [4.69, 9.17) is 9.53 Å². The van der Waals surface area contributed by atoms with Crippen molar-refractivity contribution >= 4 is 18.7 Å². The number of carbonyl (C=O) groups excluding carboxylic acids is 1. The Morgan fingerprint density at radius 2 is 1.57 bits per heavy atom. The number of methoxy groups -OCH3 is 1. The molecule has 21 heavy (non-hydrogen) atoms. The molecule has 0 heterocycles. The van der Waals surface area contributed by atoms with E-state index in [0.717, 1.165) is 17.0 Å². The minimum Gasteiger partial charge on any atom is -0.497 e. The maximum atomic E-state index is 12.7. The van der Waals surface area contributed by atoms with Gasteiger partial charge in [0.05, 0.1) is 12.8 Å². The number of halogens is 1. The molecule has 0 saturated carbocycles. The lowest BCUT2D eigenvalue weighted by atomic mass is 10.2. The van der Waals surface area contributed by atoms with Crippen molar-refractivity contribution in [1.29, 1.82) is 0 Å². The molecule has 2 aromatic rings. The van der Waals surface area contributed by atoms with E-state index in [2.05, 4.69) is 17.8 Å².